The number of hydrazine groups is 1. The molecule has 1 aromatic heterocycles. The van der Waals surface area contributed by atoms with Crippen LogP contribution in [0, 0.1) is 27.9 Å². The number of hydrogen-bond acceptors (Lipinski definition) is 7. The number of carbonyl (C=O) groups is 1. The maximum Gasteiger partial charge on any atom is 0.253 e. The van der Waals surface area contributed by atoms with Gasteiger partial charge in [-0.25, -0.2) is 8.78 Å². The number of nitroso groups, excluding NO2 is 1. The molecule has 4 aromatic rings. The lowest BCUT2D eigenvalue weighted by atomic mass is 10.1. The molecule has 5 rings (SSSR count). The third-order valence-corrected chi connectivity index (χ3v) is 7.34. The third-order valence-electron chi connectivity index (χ3n) is 7.34. The molecule has 2 atom stereocenters. The largest absolute Gasteiger partial charge is 0.493 e. The van der Waals surface area contributed by atoms with E-state index in [2.05, 4.69) is 15.7 Å². The number of methoxy groups -OCH3 is 2. The number of ether oxygens (including phenoxy) is 4. The molecule has 0 aliphatic heterocycles. The fraction of sp³-hybridized carbons (Fsp3) is 0.290. The molecule has 0 bridgehead atoms. The summed E-state index contributed by atoms with van der Waals surface area (Å²) in [7, 11) is 3.09. The fourth-order valence-electron chi connectivity index (χ4n) is 4.98. The minimum absolute atomic E-state index is 0.0727. The molecule has 1 aliphatic rings. The van der Waals surface area contributed by atoms with Crippen LogP contribution < -0.4 is 25.0 Å². The predicted molar refractivity (Wildman–Crippen MR) is 155 cm³/mol. The highest BCUT2D eigenvalue weighted by atomic mass is 19.1. The number of hydrogen-bond donors (Lipinski definition) is 2. The molecule has 2 N–H and O–H groups in total. The number of fused-ring (bicyclic) bond motifs is 1. The van der Waals surface area contributed by atoms with Gasteiger partial charge in [0.15, 0.2) is 23.1 Å². The van der Waals surface area contributed by atoms with E-state index < -0.39 is 29.0 Å². The molecule has 3 aromatic carbocycles. The standard InChI is InChI=1S/C31H30F2N4O6/c1-31(2)28(30(38)35-19-7-5-18(32)6-8-19)29(31)37(39)36-20-9-10-25(22(33)15-20)43-24-11-12-34-23-17-26(41-4)27(16-21(23)24)42-14-13-40-3/h5-12,15-17,28-29H,13-14H2,1-4H3,(H-,35,36,38,39)/p+1/t28-,29-/m0/s1. The summed E-state index contributed by atoms with van der Waals surface area (Å²) in [6.45, 7) is 4.26. The van der Waals surface area contributed by atoms with Crippen LogP contribution >= 0.6 is 0 Å². The summed E-state index contributed by atoms with van der Waals surface area (Å²) in [6.07, 6.45) is 1.53. The maximum absolute atomic E-state index is 15.2. The van der Waals surface area contributed by atoms with Crippen LogP contribution in [-0.4, -0.2) is 49.2 Å². The van der Waals surface area contributed by atoms with Gasteiger partial charge in [-0.3, -0.25) is 9.78 Å². The highest BCUT2D eigenvalue weighted by Crippen LogP contribution is 2.54. The zero-order valence-corrected chi connectivity index (χ0v) is 24.0. The van der Waals surface area contributed by atoms with E-state index in [4.69, 9.17) is 18.9 Å². The lowest BCUT2D eigenvalue weighted by Gasteiger charge is -2.14. The summed E-state index contributed by atoms with van der Waals surface area (Å²) in [5.74, 6) is -0.951. The Morgan fingerprint density at radius 3 is 2.37 bits per heavy atom. The molecule has 0 spiro atoms. The zero-order valence-electron chi connectivity index (χ0n) is 24.0. The molecular weight excluding hydrogens is 562 g/mol. The Labute approximate surface area is 246 Å². The first-order chi connectivity index (χ1) is 20.6. The zero-order chi connectivity index (χ0) is 30.7. The summed E-state index contributed by atoms with van der Waals surface area (Å²) in [6, 6.07) is 13.7. The Morgan fingerprint density at radius 2 is 1.67 bits per heavy atom. The number of halogens is 2. The number of amides is 1. The van der Waals surface area contributed by atoms with Crippen molar-refractivity contribution in [3.8, 4) is 23.0 Å². The predicted octanol–water partition coefficient (Wildman–Crippen LogP) is 6.11. The van der Waals surface area contributed by atoms with Gasteiger partial charge in [-0.2, -0.15) is 0 Å². The SMILES string of the molecule is COCCOc1cc2c(Oc3ccc(N[N+](=O)[C@H]4[C@@H](C(=O)Nc5ccc(F)cc5)C4(C)C)cc3F)ccnc2cc1OC. The summed E-state index contributed by atoms with van der Waals surface area (Å²) < 4.78 is 50.5. The van der Waals surface area contributed by atoms with Crippen molar-refractivity contribution in [1.82, 2.24) is 4.98 Å². The number of benzene rings is 3. The topological polar surface area (TPSA) is 111 Å². The first-order valence-corrected chi connectivity index (χ1v) is 13.5. The second-order valence-electron chi connectivity index (χ2n) is 10.6. The molecule has 12 heteroatoms. The van der Waals surface area contributed by atoms with E-state index in [0.29, 0.717) is 51.9 Å². The van der Waals surface area contributed by atoms with Gasteiger partial charge in [0.1, 0.15) is 34.6 Å². The molecule has 1 heterocycles. The number of anilines is 2. The van der Waals surface area contributed by atoms with Crippen molar-refractivity contribution in [1.29, 1.82) is 0 Å². The van der Waals surface area contributed by atoms with E-state index in [9.17, 15) is 14.1 Å². The number of nitrogens with zero attached hydrogens (tertiary/aromatic N) is 2. The molecule has 1 fully saturated rings. The molecule has 0 saturated heterocycles. The Morgan fingerprint density at radius 1 is 0.930 bits per heavy atom. The molecule has 1 saturated carbocycles. The van der Waals surface area contributed by atoms with Gasteiger partial charge in [0, 0.05) is 36.5 Å². The molecule has 0 radical (unpaired) electrons. The minimum Gasteiger partial charge on any atom is -0.493 e. The van der Waals surface area contributed by atoms with Crippen LogP contribution in [-0.2, 0) is 9.53 Å². The van der Waals surface area contributed by atoms with E-state index in [1.165, 1.54) is 49.7 Å². The van der Waals surface area contributed by atoms with Crippen molar-refractivity contribution in [3.05, 3.63) is 83.4 Å². The van der Waals surface area contributed by atoms with Crippen LogP contribution in [0.4, 0.5) is 20.2 Å². The molecule has 1 amide bonds. The smallest absolute Gasteiger partial charge is 0.253 e. The number of pyridine rings is 1. The van der Waals surface area contributed by atoms with Crippen LogP contribution in [0.25, 0.3) is 10.9 Å². The van der Waals surface area contributed by atoms with Crippen molar-refractivity contribution in [2.75, 3.05) is 38.2 Å². The Kier molecular flexibility index (Phi) is 8.40. The summed E-state index contributed by atoms with van der Waals surface area (Å²) in [5.41, 5.74) is 3.13. The average Bonchev–Trinajstić information content (AvgIpc) is 3.57. The van der Waals surface area contributed by atoms with Gasteiger partial charge in [-0.05, 0) is 48.5 Å². The van der Waals surface area contributed by atoms with Crippen LogP contribution in [0.5, 0.6) is 23.0 Å². The second kappa shape index (κ2) is 12.2. The quantitative estimate of drug-likeness (QED) is 0.115. The third kappa shape index (κ3) is 6.33. The lowest BCUT2D eigenvalue weighted by Crippen LogP contribution is -2.24. The highest BCUT2D eigenvalue weighted by molar-refractivity contribution is 5.95. The number of nitrogens with one attached hydrogen (secondary N) is 2. The molecule has 224 valence electrons. The van der Waals surface area contributed by atoms with Gasteiger partial charge in [0.2, 0.25) is 5.91 Å². The highest BCUT2D eigenvalue weighted by Gasteiger charge is 2.73. The van der Waals surface area contributed by atoms with Gasteiger partial charge in [0.25, 0.3) is 6.04 Å². The maximum atomic E-state index is 15.2. The van der Waals surface area contributed by atoms with Crippen molar-refractivity contribution in [2.45, 2.75) is 19.9 Å². The lowest BCUT2D eigenvalue weighted by molar-refractivity contribution is -0.540. The number of aromatic nitrogens is 1. The Hall–Kier alpha value is -4.84. The number of carbonyl (C=O) groups excluding carboxylic acids is 1. The van der Waals surface area contributed by atoms with E-state index >= 15 is 4.39 Å². The van der Waals surface area contributed by atoms with Crippen LogP contribution in [0.1, 0.15) is 13.8 Å². The van der Waals surface area contributed by atoms with Gasteiger partial charge < -0.3 is 24.3 Å². The van der Waals surface area contributed by atoms with Crippen LogP contribution in [0.15, 0.2) is 66.9 Å². The monoisotopic (exact) mass is 593 g/mol. The van der Waals surface area contributed by atoms with Crippen LogP contribution in [0.2, 0.25) is 0 Å². The Bertz CT molecular complexity index is 1660. The van der Waals surface area contributed by atoms with E-state index in [1.54, 1.807) is 39.2 Å². The fourth-order valence-corrected chi connectivity index (χ4v) is 4.98. The van der Waals surface area contributed by atoms with Gasteiger partial charge in [-0.1, -0.05) is 13.8 Å². The summed E-state index contributed by atoms with van der Waals surface area (Å²) >= 11 is 0. The molecule has 1 aliphatic carbocycles. The first-order valence-electron chi connectivity index (χ1n) is 13.5. The number of rotatable bonds is 12. The average molecular weight is 594 g/mol. The van der Waals surface area contributed by atoms with Crippen molar-refractivity contribution in [2.24, 2.45) is 11.3 Å². The molecule has 10 nitrogen and oxygen atoms in total. The van der Waals surface area contributed by atoms with Crippen molar-refractivity contribution < 1.29 is 37.4 Å². The summed E-state index contributed by atoms with van der Waals surface area (Å²) in [4.78, 5) is 30.7. The summed E-state index contributed by atoms with van der Waals surface area (Å²) in [5, 5.41) is 3.28. The van der Waals surface area contributed by atoms with E-state index in [-0.39, 0.29) is 17.3 Å². The Balaban J connectivity index is 1.28. The van der Waals surface area contributed by atoms with Gasteiger partial charge in [-0.15, -0.1) is 5.43 Å². The van der Waals surface area contributed by atoms with E-state index in [0.717, 1.165) is 6.07 Å². The van der Waals surface area contributed by atoms with Gasteiger partial charge in [0.05, 0.1) is 29.6 Å². The molecular formula is C31H31F2N4O6+. The van der Waals surface area contributed by atoms with Gasteiger partial charge >= 0.3 is 0 Å². The molecule has 43 heavy (non-hydrogen) atoms. The van der Waals surface area contributed by atoms with E-state index in [1.807, 2.05) is 0 Å². The molecule has 0 unspecified atom stereocenters. The minimum atomic E-state index is -0.715. The second-order valence-corrected chi connectivity index (χ2v) is 10.6. The normalized spacial score (nSPS) is 16.8. The first kappa shape index (κ1) is 29.6. The van der Waals surface area contributed by atoms with Crippen molar-refractivity contribution in [3.63, 3.8) is 0 Å². The van der Waals surface area contributed by atoms with Crippen molar-refractivity contribution >= 4 is 28.2 Å². The van der Waals surface area contributed by atoms with Crippen LogP contribution in [0.3, 0.4) is 0 Å².